The number of carbonyl (C=O) groups is 1. The summed E-state index contributed by atoms with van der Waals surface area (Å²) in [4.78, 5) is 15.7. The molecule has 132 valence electrons. The maximum absolute atomic E-state index is 13.3. The Labute approximate surface area is 155 Å². The Morgan fingerprint density at radius 2 is 1.72 bits per heavy atom. The minimum absolute atomic E-state index is 0.266. The minimum atomic E-state index is -0.266. The van der Waals surface area contributed by atoms with E-state index in [2.05, 4.69) is 30.9 Å². The van der Waals surface area contributed by atoms with Gasteiger partial charge in [-0.3, -0.25) is 4.79 Å². The second kappa shape index (κ2) is 7.72. The van der Waals surface area contributed by atoms with Gasteiger partial charge in [0.25, 0.3) is 0 Å². The van der Waals surface area contributed by atoms with E-state index >= 15 is 0 Å². The van der Waals surface area contributed by atoms with Crippen molar-refractivity contribution in [3.8, 4) is 0 Å². The van der Waals surface area contributed by atoms with Crippen LogP contribution in [0.15, 0.2) is 54.6 Å². The Morgan fingerprint density at radius 3 is 2.32 bits per heavy atom. The van der Waals surface area contributed by atoms with Crippen LogP contribution < -0.4 is 0 Å². The molecule has 2 aromatic rings. The van der Waals surface area contributed by atoms with Crippen molar-refractivity contribution in [3.63, 3.8) is 0 Å². The molecule has 0 amide bonds. The predicted octanol–water partition coefficient (Wildman–Crippen LogP) is 5.43. The first-order chi connectivity index (χ1) is 12.1. The first kappa shape index (κ1) is 18.2. The summed E-state index contributed by atoms with van der Waals surface area (Å²) in [5.74, 6) is 0.591. The van der Waals surface area contributed by atoms with Crippen molar-refractivity contribution in [2.45, 2.75) is 32.6 Å². The van der Waals surface area contributed by atoms with Gasteiger partial charge in [-0.1, -0.05) is 67.9 Å². The quantitative estimate of drug-likeness (QED) is 0.588. The van der Waals surface area contributed by atoms with Gasteiger partial charge in [-0.2, -0.15) is 0 Å². The van der Waals surface area contributed by atoms with E-state index in [0.29, 0.717) is 11.7 Å². The largest absolute Gasteiger partial charge is 0.304 e. The Hall–Kier alpha value is -1.64. The van der Waals surface area contributed by atoms with Crippen LogP contribution in [0.25, 0.3) is 0 Å². The van der Waals surface area contributed by atoms with Gasteiger partial charge < -0.3 is 4.90 Å². The number of carbonyl (C=O) groups excluding carboxylic acids is 1. The number of benzene rings is 2. The van der Waals surface area contributed by atoms with Crippen LogP contribution in [0.4, 0.5) is 0 Å². The van der Waals surface area contributed by atoms with Crippen molar-refractivity contribution in [2.75, 3.05) is 19.6 Å². The lowest BCUT2D eigenvalue weighted by molar-refractivity contribution is 0.0875. The zero-order valence-electron chi connectivity index (χ0n) is 15.0. The highest BCUT2D eigenvalue weighted by molar-refractivity contribution is 6.30. The summed E-state index contributed by atoms with van der Waals surface area (Å²) in [6.45, 7) is 7.38. The standard InChI is InChI=1S/C22H26ClNO/c1-3-24(4-2)15-14-22(21(25)18-8-6-5-7-9-18)16-20(22)17-10-12-19(23)13-11-17/h5-13,20H,3-4,14-16H2,1-2H3/t20-,22+/m1/s1. The highest BCUT2D eigenvalue weighted by Gasteiger charge is 2.59. The van der Waals surface area contributed by atoms with E-state index in [4.69, 9.17) is 11.6 Å². The number of ketones is 1. The molecular formula is C22H26ClNO. The summed E-state index contributed by atoms with van der Waals surface area (Å²) in [5, 5.41) is 0.743. The molecule has 0 N–H and O–H groups in total. The van der Waals surface area contributed by atoms with E-state index in [-0.39, 0.29) is 5.41 Å². The molecule has 0 saturated heterocycles. The van der Waals surface area contributed by atoms with Gasteiger partial charge >= 0.3 is 0 Å². The smallest absolute Gasteiger partial charge is 0.169 e. The van der Waals surface area contributed by atoms with Gasteiger partial charge in [-0.15, -0.1) is 0 Å². The molecule has 1 saturated carbocycles. The van der Waals surface area contributed by atoms with Crippen LogP contribution in [0.1, 0.15) is 48.5 Å². The zero-order valence-corrected chi connectivity index (χ0v) is 15.8. The lowest BCUT2D eigenvalue weighted by Crippen LogP contribution is -2.29. The molecule has 1 fully saturated rings. The summed E-state index contributed by atoms with van der Waals surface area (Å²) in [6.07, 6.45) is 1.85. The third-order valence-electron chi connectivity index (χ3n) is 5.60. The molecule has 0 aliphatic heterocycles. The molecule has 2 atom stereocenters. The lowest BCUT2D eigenvalue weighted by Gasteiger charge is -2.23. The third-order valence-corrected chi connectivity index (χ3v) is 5.86. The number of halogens is 1. The Morgan fingerprint density at radius 1 is 1.08 bits per heavy atom. The molecule has 2 nitrogen and oxygen atoms in total. The summed E-state index contributed by atoms with van der Waals surface area (Å²) < 4.78 is 0. The van der Waals surface area contributed by atoms with Crippen LogP contribution in [0.5, 0.6) is 0 Å². The molecule has 1 aliphatic rings. The molecular weight excluding hydrogens is 330 g/mol. The Balaban J connectivity index is 1.85. The summed E-state index contributed by atoms with van der Waals surface area (Å²) in [5.41, 5.74) is 1.80. The van der Waals surface area contributed by atoms with Crippen molar-refractivity contribution in [2.24, 2.45) is 5.41 Å². The van der Waals surface area contributed by atoms with Crippen molar-refractivity contribution < 1.29 is 4.79 Å². The number of Topliss-reactive ketones (excluding diaryl/α,β-unsaturated/α-hetero) is 1. The van der Waals surface area contributed by atoms with Crippen molar-refractivity contribution in [1.29, 1.82) is 0 Å². The molecule has 25 heavy (non-hydrogen) atoms. The van der Waals surface area contributed by atoms with E-state index in [1.165, 1.54) is 5.56 Å². The summed E-state index contributed by atoms with van der Waals surface area (Å²) in [7, 11) is 0. The first-order valence-electron chi connectivity index (χ1n) is 9.18. The van der Waals surface area contributed by atoms with Crippen LogP contribution in [0.2, 0.25) is 5.02 Å². The van der Waals surface area contributed by atoms with Gasteiger partial charge in [0.15, 0.2) is 5.78 Å². The fourth-order valence-corrected chi connectivity index (χ4v) is 3.98. The Kier molecular flexibility index (Phi) is 5.61. The topological polar surface area (TPSA) is 20.3 Å². The molecule has 0 heterocycles. The van der Waals surface area contributed by atoms with Crippen LogP contribution >= 0.6 is 11.6 Å². The third kappa shape index (κ3) is 3.80. The number of hydrogen-bond donors (Lipinski definition) is 0. The maximum Gasteiger partial charge on any atom is 0.169 e. The zero-order chi connectivity index (χ0) is 17.9. The Bertz CT molecular complexity index is 709. The van der Waals surface area contributed by atoms with E-state index in [1.54, 1.807) is 0 Å². The second-order valence-electron chi connectivity index (χ2n) is 6.94. The molecule has 0 radical (unpaired) electrons. The first-order valence-corrected chi connectivity index (χ1v) is 9.56. The molecule has 2 aromatic carbocycles. The van der Waals surface area contributed by atoms with Gasteiger partial charge in [-0.25, -0.2) is 0 Å². The van der Waals surface area contributed by atoms with Gasteiger partial charge in [0.2, 0.25) is 0 Å². The van der Waals surface area contributed by atoms with Gasteiger partial charge in [-0.05, 0) is 56.1 Å². The van der Waals surface area contributed by atoms with E-state index in [0.717, 1.165) is 43.1 Å². The highest BCUT2D eigenvalue weighted by atomic mass is 35.5. The second-order valence-corrected chi connectivity index (χ2v) is 7.37. The SMILES string of the molecule is CCN(CC)CC[C@]1(C(=O)c2ccccc2)C[C@@H]1c1ccc(Cl)cc1. The highest BCUT2D eigenvalue weighted by Crippen LogP contribution is 2.63. The molecule has 3 rings (SSSR count). The van der Waals surface area contributed by atoms with Crippen molar-refractivity contribution in [1.82, 2.24) is 4.90 Å². The molecule has 0 aromatic heterocycles. The lowest BCUT2D eigenvalue weighted by atomic mass is 9.87. The number of rotatable bonds is 8. The van der Waals surface area contributed by atoms with Gasteiger partial charge in [0.1, 0.15) is 0 Å². The average molecular weight is 356 g/mol. The summed E-state index contributed by atoms with van der Waals surface area (Å²) >= 11 is 6.03. The summed E-state index contributed by atoms with van der Waals surface area (Å²) in [6, 6.07) is 17.7. The molecule has 0 bridgehead atoms. The van der Waals surface area contributed by atoms with Crippen LogP contribution in [0, 0.1) is 5.41 Å². The fraction of sp³-hybridized carbons (Fsp3) is 0.409. The van der Waals surface area contributed by atoms with Crippen LogP contribution in [-0.4, -0.2) is 30.3 Å². The van der Waals surface area contributed by atoms with E-state index in [1.807, 2.05) is 42.5 Å². The molecule has 0 spiro atoms. The monoisotopic (exact) mass is 355 g/mol. The molecule has 3 heteroatoms. The van der Waals surface area contributed by atoms with Gasteiger partial charge in [0, 0.05) is 16.0 Å². The number of nitrogens with zero attached hydrogens (tertiary/aromatic N) is 1. The maximum atomic E-state index is 13.3. The predicted molar refractivity (Wildman–Crippen MR) is 104 cm³/mol. The van der Waals surface area contributed by atoms with Crippen LogP contribution in [0.3, 0.4) is 0 Å². The van der Waals surface area contributed by atoms with Crippen molar-refractivity contribution >= 4 is 17.4 Å². The number of hydrogen-bond acceptors (Lipinski definition) is 2. The normalized spacial score (nSPS) is 22.2. The van der Waals surface area contributed by atoms with Gasteiger partial charge in [0.05, 0.1) is 0 Å². The average Bonchev–Trinajstić information content (AvgIpc) is 3.39. The van der Waals surface area contributed by atoms with Crippen LogP contribution in [-0.2, 0) is 0 Å². The van der Waals surface area contributed by atoms with Crippen molar-refractivity contribution in [3.05, 3.63) is 70.7 Å². The van der Waals surface area contributed by atoms with E-state index in [9.17, 15) is 4.79 Å². The molecule has 0 unspecified atom stereocenters. The van der Waals surface area contributed by atoms with E-state index < -0.39 is 0 Å². The minimum Gasteiger partial charge on any atom is -0.304 e. The molecule has 1 aliphatic carbocycles. The fourth-order valence-electron chi connectivity index (χ4n) is 3.85.